The molecule has 0 saturated heterocycles. The molecule has 0 aromatic carbocycles. The first kappa shape index (κ1) is 9.54. The van der Waals surface area contributed by atoms with E-state index in [0.717, 1.165) is 19.5 Å². The summed E-state index contributed by atoms with van der Waals surface area (Å²) >= 11 is 0. The lowest BCUT2D eigenvalue weighted by Crippen LogP contribution is -2.15. The van der Waals surface area contributed by atoms with Gasteiger partial charge in [-0.05, 0) is 33.4 Å². The molecule has 0 bridgehead atoms. The molecule has 0 heterocycles. The molecule has 0 saturated carbocycles. The van der Waals surface area contributed by atoms with Crippen LogP contribution in [0.25, 0.3) is 0 Å². The third-order valence-corrected chi connectivity index (χ3v) is 1.77. The van der Waals surface area contributed by atoms with Crippen LogP contribution < -0.4 is 0 Å². The maximum Gasteiger partial charge on any atom is 0.0143 e. The maximum absolute atomic E-state index is 2.32. The topological polar surface area (TPSA) is 3.24 Å². The minimum absolute atomic E-state index is 1.12. The highest BCUT2D eigenvalue weighted by molar-refractivity contribution is 4.95. The maximum atomic E-state index is 2.32. The van der Waals surface area contributed by atoms with Gasteiger partial charge in [-0.1, -0.05) is 12.5 Å². The Balaban J connectivity index is 3.80. The first-order valence-electron chi connectivity index (χ1n) is 4.15. The third kappa shape index (κ3) is 3.54. The van der Waals surface area contributed by atoms with Gasteiger partial charge < -0.3 is 4.90 Å². The molecule has 0 unspecified atom stereocenters. The van der Waals surface area contributed by atoms with Crippen molar-refractivity contribution in [3.63, 3.8) is 0 Å². The second-order valence-corrected chi connectivity index (χ2v) is 2.55. The van der Waals surface area contributed by atoms with E-state index in [1.165, 1.54) is 5.57 Å². The Morgan fingerprint density at radius 3 is 2.00 bits per heavy atom. The van der Waals surface area contributed by atoms with Gasteiger partial charge in [0.2, 0.25) is 0 Å². The highest BCUT2D eigenvalue weighted by Crippen LogP contribution is 2.00. The van der Waals surface area contributed by atoms with Crippen molar-refractivity contribution in [2.75, 3.05) is 13.1 Å². The summed E-state index contributed by atoms with van der Waals surface area (Å²) in [6, 6.07) is 0. The molecule has 10 heavy (non-hydrogen) atoms. The molecule has 0 spiro atoms. The summed E-state index contributed by atoms with van der Waals surface area (Å²) in [6.45, 7) is 11.0. The Morgan fingerprint density at radius 2 is 1.70 bits per heavy atom. The van der Waals surface area contributed by atoms with Crippen molar-refractivity contribution in [1.29, 1.82) is 0 Å². The van der Waals surface area contributed by atoms with E-state index >= 15 is 0 Å². The molecule has 0 aromatic heterocycles. The molecule has 0 N–H and O–H groups in total. The molecular formula is C9H19N. The highest BCUT2D eigenvalue weighted by atomic mass is 15.1. The Kier molecular flexibility index (Phi) is 5.09. The van der Waals surface area contributed by atoms with Crippen LogP contribution in [0.5, 0.6) is 0 Å². The van der Waals surface area contributed by atoms with Gasteiger partial charge in [0.15, 0.2) is 0 Å². The molecule has 0 aromatic rings. The average Bonchev–Trinajstić information content (AvgIpc) is 1.99. The molecule has 0 aliphatic rings. The zero-order chi connectivity index (χ0) is 7.98. The van der Waals surface area contributed by atoms with Crippen LogP contribution in [0.2, 0.25) is 0 Å². The third-order valence-electron chi connectivity index (χ3n) is 1.77. The lowest BCUT2D eigenvalue weighted by molar-refractivity contribution is 0.414. The monoisotopic (exact) mass is 141 g/mol. The zero-order valence-corrected chi connectivity index (χ0v) is 7.65. The largest absolute Gasteiger partial charge is 0.378 e. The van der Waals surface area contributed by atoms with E-state index in [2.05, 4.69) is 38.8 Å². The molecule has 60 valence electrons. The van der Waals surface area contributed by atoms with Crippen molar-refractivity contribution in [3.05, 3.63) is 11.8 Å². The minimum Gasteiger partial charge on any atom is -0.378 e. The number of hydrogen-bond acceptors (Lipinski definition) is 1. The van der Waals surface area contributed by atoms with Gasteiger partial charge in [0, 0.05) is 13.1 Å². The number of hydrogen-bond donors (Lipinski definition) is 0. The first-order valence-corrected chi connectivity index (χ1v) is 4.15. The normalized spacial score (nSPS) is 11.8. The van der Waals surface area contributed by atoms with Crippen LogP contribution in [0.15, 0.2) is 11.8 Å². The van der Waals surface area contributed by atoms with Crippen LogP contribution in [-0.2, 0) is 0 Å². The van der Waals surface area contributed by atoms with Gasteiger partial charge in [-0.3, -0.25) is 0 Å². The van der Waals surface area contributed by atoms with Gasteiger partial charge in [0.1, 0.15) is 0 Å². The van der Waals surface area contributed by atoms with Gasteiger partial charge in [0.05, 0.1) is 0 Å². The van der Waals surface area contributed by atoms with Gasteiger partial charge in [-0.15, -0.1) is 0 Å². The fourth-order valence-corrected chi connectivity index (χ4v) is 0.809. The van der Waals surface area contributed by atoms with E-state index in [1.54, 1.807) is 0 Å². The molecule has 1 nitrogen and oxygen atoms in total. The highest BCUT2D eigenvalue weighted by Gasteiger charge is 1.90. The molecule has 1 heteroatoms. The van der Waals surface area contributed by atoms with Crippen LogP contribution in [-0.4, -0.2) is 18.0 Å². The lowest BCUT2D eigenvalue weighted by atomic mass is 10.2. The average molecular weight is 141 g/mol. The summed E-state index contributed by atoms with van der Waals surface area (Å²) < 4.78 is 0. The van der Waals surface area contributed by atoms with E-state index in [0.29, 0.717) is 0 Å². The minimum atomic E-state index is 1.12. The number of allylic oxidation sites excluding steroid dienone is 1. The van der Waals surface area contributed by atoms with Crippen LogP contribution in [0, 0.1) is 0 Å². The summed E-state index contributed by atoms with van der Waals surface area (Å²) in [6.07, 6.45) is 3.41. The van der Waals surface area contributed by atoms with Crippen LogP contribution in [0.4, 0.5) is 0 Å². The zero-order valence-electron chi connectivity index (χ0n) is 7.65. The van der Waals surface area contributed by atoms with Gasteiger partial charge >= 0.3 is 0 Å². The van der Waals surface area contributed by atoms with Gasteiger partial charge in [0.25, 0.3) is 0 Å². The smallest absolute Gasteiger partial charge is 0.0143 e. The van der Waals surface area contributed by atoms with Crippen molar-refractivity contribution in [2.24, 2.45) is 0 Å². The fourth-order valence-electron chi connectivity index (χ4n) is 0.809. The summed E-state index contributed by atoms with van der Waals surface area (Å²) in [5.74, 6) is 0. The number of nitrogens with zero attached hydrogens (tertiary/aromatic N) is 1. The Labute approximate surface area is 64.7 Å². The van der Waals surface area contributed by atoms with E-state index in [9.17, 15) is 0 Å². The van der Waals surface area contributed by atoms with Crippen LogP contribution in [0.3, 0.4) is 0 Å². The lowest BCUT2D eigenvalue weighted by Gasteiger charge is -2.16. The van der Waals surface area contributed by atoms with Crippen molar-refractivity contribution >= 4 is 0 Å². The quantitative estimate of drug-likeness (QED) is 0.581. The molecule has 0 radical (unpaired) electrons. The first-order chi connectivity index (χ1) is 4.74. The predicted molar refractivity (Wildman–Crippen MR) is 47.0 cm³/mol. The molecule has 0 rings (SSSR count). The van der Waals surface area contributed by atoms with E-state index in [-0.39, 0.29) is 0 Å². The van der Waals surface area contributed by atoms with Crippen molar-refractivity contribution in [2.45, 2.75) is 34.1 Å². The van der Waals surface area contributed by atoms with E-state index in [4.69, 9.17) is 0 Å². The molecule has 0 aliphatic carbocycles. The molecule has 0 fully saturated rings. The van der Waals surface area contributed by atoms with E-state index in [1.807, 2.05) is 0 Å². The molecule has 0 atom stereocenters. The second-order valence-electron chi connectivity index (χ2n) is 2.55. The van der Waals surface area contributed by atoms with Crippen LogP contribution in [0.1, 0.15) is 34.1 Å². The predicted octanol–water partition coefficient (Wildman–Crippen LogP) is 2.64. The van der Waals surface area contributed by atoms with Crippen molar-refractivity contribution in [3.8, 4) is 0 Å². The molecular weight excluding hydrogens is 122 g/mol. The van der Waals surface area contributed by atoms with Gasteiger partial charge in [-0.25, -0.2) is 0 Å². The second kappa shape index (κ2) is 5.33. The van der Waals surface area contributed by atoms with Crippen LogP contribution >= 0.6 is 0 Å². The standard InChI is InChI=1S/C9H19N/c1-5-9(4)8-10(6-2)7-3/h8H,5-7H2,1-4H3. The molecule has 0 amide bonds. The van der Waals surface area contributed by atoms with Crippen molar-refractivity contribution < 1.29 is 0 Å². The Morgan fingerprint density at radius 1 is 1.20 bits per heavy atom. The van der Waals surface area contributed by atoms with Gasteiger partial charge in [-0.2, -0.15) is 0 Å². The fraction of sp³-hybridized carbons (Fsp3) is 0.778. The summed E-state index contributed by atoms with van der Waals surface area (Å²) in [5, 5.41) is 0. The molecule has 0 aliphatic heterocycles. The summed E-state index contributed by atoms with van der Waals surface area (Å²) in [4.78, 5) is 2.32. The number of rotatable bonds is 4. The van der Waals surface area contributed by atoms with E-state index < -0.39 is 0 Å². The SMILES string of the molecule is CCC(C)=CN(CC)CC. The Bertz CT molecular complexity index is 101. The summed E-state index contributed by atoms with van der Waals surface area (Å²) in [7, 11) is 0. The summed E-state index contributed by atoms with van der Waals surface area (Å²) in [5.41, 5.74) is 1.46. The van der Waals surface area contributed by atoms with Crippen molar-refractivity contribution in [1.82, 2.24) is 4.90 Å². The Hall–Kier alpha value is -0.460.